The van der Waals surface area contributed by atoms with Crippen molar-refractivity contribution in [3.05, 3.63) is 34.9 Å². The highest BCUT2D eigenvalue weighted by atomic mass is 35.5. The monoisotopic (exact) mass is 308 g/mol. The average Bonchev–Trinajstić information content (AvgIpc) is 3.03. The lowest BCUT2D eigenvalue weighted by atomic mass is 10.1. The minimum atomic E-state index is -0.823. The summed E-state index contributed by atoms with van der Waals surface area (Å²) in [6.45, 7) is 0.820. The SMILES string of the molecule is O=C(O)C1CCN(C(=O)N[C@@H]2C[C@H]2c2ccc(Cl)cc2)C1. The van der Waals surface area contributed by atoms with Gasteiger partial charge in [0.05, 0.1) is 5.92 Å². The summed E-state index contributed by atoms with van der Waals surface area (Å²) in [5.74, 6) is -0.915. The highest BCUT2D eigenvalue weighted by Gasteiger charge is 2.41. The third-order valence-electron chi connectivity index (χ3n) is 4.22. The molecule has 2 N–H and O–H groups in total. The third kappa shape index (κ3) is 3.13. The van der Waals surface area contributed by atoms with E-state index in [1.165, 1.54) is 5.56 Å². The summed E-state index contributed by atoms with van der Waals surface area (Å²) in [5, 5.41) is 12.6. The maximum atomic E-state index is 12.1. The number of nitrogens with one attached hydrogen (secondary N) is 1. The van der Waals surface area contributed by atoms with Crippen LogP contribution in [0.1, 0.15) is 24.3 Å². The molecule has 0 spiro atoms. The lowest BCUT2D eigenvalue weighted by molar-refractivity contribution is -0.141. The smallest absolute Gasteiger partial charge is 0.317 e. The van der Waals surface area contributed by atoms with Crippen molar-refractivity contribution in [2.45, 2.75) is 24.8 Å². The molecule has 1 aliphatic heterocycles. The Bertz CT molecular complexity index is 561. The van der Waals surface area contributed by atoms with Crippen molar-refractivity contribution in [1.29, 1.82) is 0 Å². The first-order chi connectivity index (χ1) is 10.0. The largest absolute Gasteiger partial charge is 0.481 e. The first-order valence-electron chi connectivity index (χ1n) is 7.08. The number of hydrogen-bond acceptors (Lipinski definition) is 2. The van der Waals surface area contributed by atoms with Gasteiger partial charge in [0, 0.05) is 30.1 Å². The van der Waals surface area contributed by atoms with E-state index in [0.29, 0.717) is 30.5 Å². The van der Waals surface area contributed by atoms with Crippen LogP contribution in [-0.4, -0.2) is 41.1 Å². The van der Waals surface area contributed by atoms with Crippen molar-refractivity contribution in [3.8, 4) is 0 Å². The fraction of sp³-hybridized carbons (Fsp3) is 0.467. The number of benzene rings is 1. The maximum Gasteiger partial charge on any atom is 0.317 e. The van der Waals surface area contributed by atoms with Gasteiger partial charge in [-0.15, -0.1) is 0 Å². The summed E-state index contributed by atoms with van der Waals surface area (Å²) >= 11 is 5.86. The molecule has 6 heteroatoms. The normalized spacial score (nSPS) is 27.5. The zero-order valence-electron chi connectivity index (χ0n) is 11.5. The van der Waals surface area contributed by atoms with Crippen molar-refractivity contribution >= 4 is 23.6 Å². The van der Waals surface area contributed by atoms with E-state index < -0.39 is 11.9 Å². The van der Waals surface area contributed by atoms with Crippen LogP contribution in [0.15, 0.2) is 24.3 Å². The molecular weight excluding hydrogens is 292 g/mol. The van der Waals surface area contributed by atoms with Gasteiger partial charge in [0.2, 0.25) is 0 Å². The lowest BCUT2D eigenvalue weighted by Gasteiger charge is -2.16. The van der Waals surface area contributed by atoms with Crippen LogP contribution in [0.2, 0.25) is 5.02 Å². The van der Waals surface area contributed by atoms with Crippen molar-refractivity contribution in [2.75, 3.05) is 13.1 Å². The molecule has 3 rings (SSSR count). The van der Waals surface area contributed by atoms with Gasteiger partial charge in [-0.25, -0.2) is 4.79 Å². The molecule has 0 radical (unpaired) electrons. The van der Waals surface area contributed by atoms with E-state index in [4.69, 9.17) is 16.7 Å². The Morgan fingerprint density at radius 2 is 2.00 bits per heavy atom. The number of rotatable bonds is 3. The minimum absolute atomic E-state index is 0.141. The molecule has 1 aromatic carbocycles. The van der Waals surface area contributed by atoms with E-state index in [1.807, 2.05) is 24.3 Å². The Kier molecular flexibility index (Phi) is 3.76. The summed E-state index contributed by atoms with van der Waals surface area (Å²) in [5.41, 5.74) is 1.18. The molecule has 1 heterocycles. The number of carbonyl (C=O) groups is 2. The van der Waals surface area contributed by atoms with Gasteiger partial charge in [-0.1, -0.05) is 23.7 Å². The topological polar surface area (TPSA) is 69.6 Å². The number of nitrogens with zero attached hydrogens (tertiary/aromatic N) is 1. The van der Waals surface area contributed by atoms with Crippen LogP contribution in [0.5, 0.6) is 0 Å². The number of amides is 2. The predicted molar refractivity (Wildman–Crippen MR) is 78.4 cm³/mol. The Hall–Kier alpha value is -1.75. The van der Waals surface area contributed by atoms with Gasteiger partial charge in [0.1, 0.15) is 0 Å². The second-order valence-corrected chi connectivity index (χ2v) is 6.16. The van der Waals surface area contributed by atoms with Crippen LogP contribution >= 0.6 is 11.6 Å². The molecule has 0 bridgehead atoms. The molecule has 5 nitrogen and oxygen atoms in total. The van der Waals surface area contributed by atoms with Gasteiger partial charge in [-0.2, -0.15) is 0 Å². The van der Waals surface area contributed by atoms with Crippen molar-refractivity contribution in [1.82, 2.24) is 10.2 Å². The van der Waals surface area contributed by atoms with E-state index in [-0.39, 0.29) is 12.1 Å². The van der Waals surface area contributed by atoms with E-state index >= 15 is 0 Å². The van der Waals surface area contributed by atoms with Crippen LogP contribution in [-0.2, 0) is 4.79 Å². The number of aliphatic carboxylic acids is 1. The van der Waals surface area contributed by atoms with Crippen LogP contribution in [0, 0.1) is 5.92 Å². The van der Waals surface area contributed by atoms with Gasteiger partial charge in [-0.05, 0) is 30.5 Å². The Morgan fingerprint density at radius 3 is 2.62 bits per heavy atom. The van der Waals surface area contributed by atoms with E-state index in [0.717, 1.165) is 6.42 Å². The van der Waals surface area contributed by atoms with Gasteiger partial charge in [0.15, 0.2) is 0 Å². The summed E-state index contributed by atoms with van der Waals surface area (Å²) in [6, 6.07) is 7.66. The Labute approximate surface area is 127 Å². The summed E-state index contributed by atoms with van der Waals surface area (Å²) in [7, 11) is 0. The number of urea groups is 1. The maximum absolute atomic E-state index is 12.1. The first-order valence-corrected chi connectivity index (χ1v) is 7.46. The molecule has 1 saturated carbocycles. The van der Waals surface area contributed by atoms with Gasteiger partial charge < -0.3 is 15.3 Å². The van der Waals surface area contributed by atoms with Gasteiger partial charge in [-0.3, -0.25) is 4.79 Å². The molecule has 1 saturated heterocycles. The second-order valence-electron chi connectivity index (χ2n) is 5.72. The summed E-state index contributed by atoms with van der Waals surface area (Å²) < 4.78 is 0. The van der Waals surface area contributed by atoms with Crippen molar-refractivity contribution in [3.63, 3.8) is 0 Å². The van der Waals surface area contributed by atoms with Crippen LogP contribution < -0.4 is 5.32 Å². The van der Waals surface area contributed by atoms with Crippen LogP contribution in [0.3, 0.4) is 0 Å². The molecule has 3 atom stereocenters. The summed E-state index contributed by atoms with van der Waals surface area (Å²) in [4.78, 5) is 24.6. The highest BCUT2D eigenvalue weighted by molar-refractivity contribution is 6.30. The molecule has 2 amide bonds. The van der Waals surface area contributed by atoms with E-state index in [9.17, 15) is 9.59 Å². The molecule has 112 valence electrons. The van der Waals surface area contributed by atoms with Gasteiger partial charge in [0.25, 0.3) is 0 Å². The molecule has 2 fully saturated rings. The fourth-order valence-electron chi connectivity index (χ4n) is 2.83. The Morgan fingerprint density at radius 1 is 1.29 bits per heavy atom. The Balaban J connectivity index is 1.51. The molecule has 21 heavy (non-hydrogen) atoms. The molecule has 2 aliphatic rings. The third-order valence-corrected chi connectivity index (χ3v) is 4.47. The number of hydrogen-bond donors (Lipinski definition) is 2. The highest BCUT2D eigenvalue weighted by Crippen LogP contribution is 2.41. The average molecular weight is 309 g/mol. The zero-order valence-corrected chi connectivity index (χ0v) is 12.2. The molecule has 1 aromatic rings. The number of carboxylic acid groups (broad SMARTS) is 1. The first kappa shape index (κ1) is 14.2. The number of carbonyl (C=O) groups excluding carboxylic acids is 1. The number of carboxylic acids is 1. The zero-order chi connectivity index (χ0) is 15.0. The van der Waals surface area contributed by atoms with Crippen molar-refractivity contribution in [2.24, 2.45) is 5.92 Å². The van der Waals surface area contributed by atoms with Crippen LogP contribution in [0.25, 0.3) is 0 Å². The molecule has 1 unspecified atom stereocenters. The summed E-state index contributed by atoms with van der Waals surface area (Å²) in [6.07, 6.45) is 1.46. The van der Waals surface area contributed by atoms with E-state index in [2.05, 4.69) is 5.32 Å². The molecular formula is C15H17ClN2O3. The van der Waals surface area contributed by atoms with Crippen molar-refractivity contribution < 1.29 is 14.7 Å². The molecule has 0 aromatic heterocycles. The minimum Gasteiger partial charge on any atom is -0.481 e. The number of halogens is 1. The molecule has 1 aliphatic carbocycles. The van der Waals surface area contributed by atoms with Crippen LogP contribution in [0.4, 0.5) is 4.79 Å². The van der Waals surface area contributed by atoms with E-state index in [1.54, 1.807) is 4.90 Å². The second kappa shape index (κ2) is 5.56. The van der Waals surface area contributed by atoms with Gasteiger partial charge >= 0.3 is 12.0 Å². The standard InChI is InChI=1S/C15H17ClN2O3/c16-11-3-1-9(2-4-11)12-7-13(12)17-15(21)18-6-5-10(8-18)14(19)20/h1-4,10,12-13H,5-8H2,(H,17,21)(H,19,20)/t10?,12-,13+/m0/s1. The lowest BCUT2D eigenvalue weighted by Crippen LogP contribution is -2.40. The quantitative estimate of drug-likeness (QED) is 0.900. The fourth-order valence-corrected chi connectivity index (χ4v) is 2.96. The predicted octanol–water partition coefficient (Wildman–Crippen LogP) is 2.31. The number of likely N-dealkylation sites (tertiary alicyclic amines) is 1.